The van der Waals surface area contributed by atoms with Crippen LogP contribution in [0, 0.1) is 0 Å². The molecule has 0 bridgehead atoms. The average Bonchev–Trinajstić information content (AvgIpc) is 3.12. The van der Waals surface area contributed by atoms with Gasteiger partial charge in [0.25, 0.3) is 0 Å². The van der Waals surface area contributed by atoms with E-state index in [0.717, 1.165) is 29.9 Å². The normalized spacial score (nSPS) is 23.6. The Labute approximate surface area is 132 Å². The SMILES string of the molecule is C[C@H](Cn1cc(Br)cn1)N[C@H]1CCO[C@@H]1c1nccn1C. The molecule has 1 aliphatic rings. The van der Waals surface area contributed by atoms with Gasteiger partial charge in [0, 0.05) is 44.3 Å². The molecule has 0 unspecified atom stereocenters. The van der Waals surface area contributed by atoms with E-state index in [4.69, 9.17) is 4.74 Å². The summed E-state index contributed by atoms with van der Waals surface area (Å²) < 4.78 is 10.8. The molecule has 1 fully saturated rings. The number of hydrogen-bond acceptors (Lipinski definition) is 4. The van der Waals surface area contributed by atoms with Gasteiger partial charge in [0.2, 0.25) is 0 Å². The number of aromatic nitrogens is 4. The predicted molar refractivity (Wildman–Crippen MR) is 82.8 cm³/mol. The molecule has 0 aromatic carbocycles. The smallest absolute Gasteiger partial charge is 0.139 e. The van der Waals surface area contributed by atoms with Gasteiger partial charge in [0.05, 0.1) is 17.2 Å². The molecule has 2 aromatic heterocycles. The van der Waals surface area contributed by atoms with Gasteiger partial charge in [-0.2, -0.15) is 5.10 Å². The third kappa shape index (κ3) is 3.36. The second-order valence-corrected chi connectivity index (χ2v) is 6.45. The first-order chi connectivity index (χ1) is 10.1. The van der Waals surface area contributed by atoms with Gasteiger partial charge >= 0.3 is 0 Å². The topological polar surface area (TPSA) is 56.9 Å². The van der Waals surface area contributed by atoms with E-state index < -0.39 is 0 Å². The summed E-state index contributed by atoms with van der Waals surface area (Å²) in [4.78, 5) is 4.42. The van der Waals surface area contributed by atoms with E-state index >= 15 is 0 Å². The van der Waals surface area contributed by atoms with E-state index in [1.165, 1.54) is 0 Å². The molecule has 1 N–H and O–H groups in total. The lowest BCUT2D eigenvalue weighted by Gasteiger charge is -2.23. The fourth-order valence-electron chi connectivity index (χ4n) is 2.80. The van der Waals surface area contributed by atoms with E-state index in [9.17, 15) is 0 Å². The first kappa shape index (κ1) is 14.7. The molecule has 7 heteroatoms. The van der Waals surface area contributed by atoms with Crippen molar-refractivity contribution in [2.45, 2.75) is 38.1 Å². The Morgan fingerprint density at radius 3 is 3.10 bits per heavy atom. The molecule has 2 aromatic rings. The third-order valence-electron chi connectivity index (χ3n) is 3.77. The zero-order valence-electron chi connectivity index (χ0n) is 12.2. The summed E-state index contributed by atoms with van der Waals surface area (Å²) in [6.07, 6.45) is 8.60. The van der Waals surface area contributed by atoms with Crippen molar-refractivity contribution in [1.29, 1.82) is 0 Å². The molecule has 0 aliphatic carbocycles. The molecular formula is C14H20BrN5O. The molecule has 0 radical (unpaired) electrons. The van der Waals surface area contributed by atoms with Crippen molar-refractivity contribution >= 4 is 15.9 Å². The largest absolute Gasteiger partial charge is 0.369 e. The lowest BCUT2D eigenvalue weighted by atomic mass is 10.1. The minimum atomic E-state index is 0.0248. The summed E-state index contributed by atoms with van der Waals surface area (Å²) in [5, 5.41) is 7.94. The average molecular weight is 354 g/mol. The molecular weight excluding hydrogens is 334 g/mol. The highest BCUT2D eigenvalue weighted by Gasteiger charge is 2.33. The molecule has 3 heterocycles. The van der Waals surface area contributed by atoms with Crippen LogP contribution in [0.1, 0.15) is 25.3 Å². The highest BCUT2D eigenvalue weighted by atomic mass is 79.9. The van der Waals surface area contributed by atoms with Gasteiger partial charge in [0.15, 0.2) is 0 Å². The summed E-state index contributed by atoms with van der Waals surface area (Å²) >= 11 is 3.42. The Balaban J connectivity index is 1.62. The maximum atomic E-state index is 5.87. The summed E-state index contributed by atoms with van der Waals surface area (Å²) in [6, 6.07) is 0.603. The fraction of sp³-hybridized carbons (Fsp3) is 0.571. The first-order valence-corrected chi connectivity index (χ1v) is 7.95. The molecule has 0 amide bonds. The van der Waals surface area contributed by atoms with Gasteiger partial charge in [-0.1, -0.05) is 0 Å². The predicted octanol–water partition coefficient (Wildman–Crippen LogP) is 1.89. The van der Waals surface area contributed by atoms with Gasteiger partial charge in [-0.3, -0.25) is 4.68 Å². The van der Waals surface area contributed by atoms with Gasteiger partial charge in [0.1, 0.15) is 11.9 Å². The molecule has 6 nitrogen and oxygen atoms in total. The molecule has 0 spiro atoms. The summed E-state index contributed by atoms with van der Waals surface area (Å²) in [7, 11) is 2.01. The van der Waals surface area contributed by atoms with E-state index in [-0.39, 0.29) is 6.10 Å². The Bertz CT molecular complexity index is 596. The maximum Gasteiger partial charge on any atom is 0.139 e. The highest BCUT2D eigenvalue weighted by molar-refractivity contribution is 9.10. The number of rotatable bonds is 5. The molecule has 3 atom stereocenters. The standard InChI is InChI=1S/C14H20BrN5O/c1-10(8-20-9-11(15)7-17-20)18-12-3-6-21-13(12)14-16-4-5-19(14)2/h4-5,7,9-10,12-13,18H,3,6,8H2,1-2H3/t10-,12+,13+/m1/s1. The van der Waals surface area contributed by atoms with Crippen LogP contribution >= 0.6 is 15.9 Å². The number of halogens is 1. The summed E-state index contributed by atoms with van der Waals surface area (Å²) in [5.41, 5.74) is 0. The number of nitrogens with one attached hydrogen (secondary N) is 1. The van der Waals surface area contributed by atoms with Gasteiger partial charge in [-0.25, -0.2) is 4.98 Å². The third-order valence-corrected chi connectivity index (χ3v) is 4.18. The fourth-order valence-corrected chi connectivity index (χ4v) is 3.13. The molecule has 3 rings (SSSR count). The monoisotopic (exact) mass is 353 g/mol. The van der Waals surface area contributed by atoms with Gasteiger partial charge in [-0.05, 0) is 29.3 Å². The Kier molecular flexibility index (Phi) is 4.42. The van der Waals surface area contributed by atoms with Crippen LogP contribution in [0.25, 0.3) is 0 Å². The van der Waals surface area contributed by atoms with Crippen LogP contribution in [0.15, 0.2) is 29.3 Å². The summed E-state index contributed by atoms with van der Waals surface area (Å²) in [6.45, 7) is 3.77. The van der Waals surface area contributed by atoms with Crippen molar-refractivity contribution in [2.75, 3.05) is 6.61 Å². The number of hydrogen-bond donors (Lipinski definition) is 1. The van der Waals surface area contributed by atoms with Crippen LogP contribution in [0.2, 0.25) is 0 Å². The van der Waals surface area contributed by atoms with Gasteiger partial charge < -0.3 is 14.6 Å². The molecule has 1 aliphatic heterocycles. The van der Waals surface area contributed by atoms with Crippen molar-refractivity contribution in [3.8, 4) is 0 Å². The molecule has 21 heavy (non-hydrogen) atoms. The molecule has 0 saturated carbocycles. The first-order valence-electron chi connectivity index (χ1n) is 7.16. The minimum Gasteiger partial charge on any atom is -0.369 e. The number of imidazole rings is 1. The van der Waals surface area contributed by atoms with Crippen LogP contribution in [-0.2, 0) is 18.3 Å². The minimum absolute atomic E-state index is 0.0248. The summed E-state index contributed by atoms with van der Waals surface area (Å²) in [5.74, 6) is 0.985. The second-order valence-electron chi connectivity index (χ2n) is 5.53. The van der Waals surface area contributed by atoms with Crippen LogP contribution in [0.5, 0.6) is 0 Å². The second kappa shape index (κ2) is 6.29. The van der Waals surface area contributed by atoms with E-state index in [2.05, 4.69) is 38.3 Å². The quantitative estimate of drug-likeness (QED) is 0.891. The van der Waals surface area contributed by atoms with Crippen molar-refractivity contribution in [2.24, 2.45) is 7.05 Å². The van der Waals surface area contributed by atoms with Crippen LogP contribution in [0.4, 0.5) is 0 Å². The van der Waals surface area contributed by atoms with Crippen LogP contribution < -0.4 is 5.32 Å². The lowest BCUT2D eigenvalue weighted by Crippen LogP contribution is -2.41. The zero-order chi connectivity index (χ0) is 14.8. The highest BCUT2D eigenvalue weighted by Crippen LogP contribution is 2.28. The van der Waals surface area contributed by atoms with Crippen molar-refractivity contribution in [3.63, 3.8) is 0 Å². The Hall–Kier alpha value is -1.18. The lowest BCUT2D eigenvalue weighted by molar-refractivity contribution is 0.0870. The Morgan fingerprint density at radius 2 is 2.43 bits per heavy atom. The number of aryl methyl sites for hydroxylation is 1. The zero-order valence-corrected chi connectivity index (χ0v) is 13.8. The van der Waals surface area contributed by atoms with Crippen molar-refractivity contribution < 1.29 is 4.74 Å². The van der Waals surface area contributed by atoms with E-state index in [1.54, 1.807) is 0 Å². The van der Waals surface area contributed by atoms with Gasteiger partial charge in [-0.15, -0.1) is 0 Å². The molecule has 1 saturated heterocycles. The Morgan fingerprint density at radius 1 is 1.57 bits per heavy atom. The molecule has 114 valence electrons. The number of ether oxygens (including phenoxy) is 1. The van der Waals surface area contributed by atoms with Crippen LogP contribution in [-0.4, -0.2) is 38.0 Å². The van der Waals surface area contributed by atoms with Crippen molar-refractivity contribution in [3.05, 3.63) is 35.1 Å². The number of nitrogens with zero attached hydrogens (tertiary/aromatic N) is 4. The maximum absolute atomic E-state index is 5.87. The van der Waals surface area contributed by atoms with E-state index in [0.29, 0.717) is 12.1 Å². The van der Waals surface area contributed by atoms with Crippen LogP contribution in [0.3, 0.4) is 0 Å². The van der Waals surface area contributed by atoms with Crippen molar-refractivity contribution in [1.82, 2.24) is 24.6 Å². The van der Waals surface area contributed by atoms with E-state index in [1.807, 2.05) is 41.1 Å².